The molecule has 3 rings (SSSR count). The summed E-state index contributed by atoms with van der Waals surface area (Å²) in [6.45, 7) is 4.44. The van der Waals surface area contributed by atoms with Gasteiger partial charge in [0.15, 0.2) is 0 Å². The topological polar surface area (TPSA) is 26.0 Å². The Kier molecular flexibility index (Phi) is 3.86. The summed E-state index contributed by atoms with van der Waals surface area (Å²) in [6, 6.07) is 17.5. The summed E-state index contributed by atoms with van der Waals surface area (Å²) in [4.78, 5) is 1.32. The van der Waals surface area contributed by atoms with Crippen LogP contribution in [-0.2, 0) is 0 Å². The van der Waals surface area contributed by atoms with Crippen LogP contribution in [0.15, 0.2) is 53.4 Å². The van der Waals surface area contributed by atoms with E-state index in [2.05, 4.69) is 62.4 Å². The molecule has 1 aliphatic rings. The van der Waals surface area contributed by atoms with Crippen molar-refractivity contribution in [2.45, 2.75) is 42.4 Å². The lowest BCUT2D eigenvalue weighted by atomic mass is 9.81. The molecule has 104 valence electrons. The molecular formula is C18H21NS. The highest BCUT2D eigenvalue weighted by molar-refractivity contribution is 8.00. The Balaban J connectivity index is 1.84. The minimum Gasteiger partial charge on any atom is -0.323 e. The van der Waals surface area contributed by atoms with Gasteiger partial charge in [-0.3, -0.25) is 0 Å². The Morgan fingerprint density at radius 3 is 2.35 bits per heavy atom. The summed E-state index contributed by atoms with van der Waals surface area (Å²) in [5.41, 5.74) is 10.6. The van der Waals surface area contributed by atoms with Gasteiger partial charge in [0.1, 0.15) is 0 Å². The molecule has 0 fully saturated rings. The van der Waals surface area contributed by atoms with Gasteiger partial charge in [0.2, 0.25) is 0 Å². The molecule has 0 radical (unpaired) electrons. The third kappa shape index (κ3) is 2.63. The maximum atomic E-state index is 6.51. The molecule has 0 saturated carbocycles. The average molecular weight is 283 g/mol. The standard InChI is InChI=1S/C18H21NS/c1-12-7-9-14(10-8-12)20-17-11-13(2)15-5-3-4-6-16(15)18(17)19/h3-10,13,17-18H,11,19H2,1-2H3. The largest absolute Gasteiger partial charge is 0.323 e. The van der Waals surface area contributed by atoms with Crippen LogP contribution in [-0.4, -0.2) is 5.25 Å². The van der Waals surface area contributed by atoms with Crippen LogP contribution in [0.4, 0.5) is 0 Å². The van der Waals surface area contributed by atoms with Gasteiger partial charge in [0, 0.05) is 16.2 Å². The van der Waals surface area contributed by atoms with Crippen LogP contribution in [0, 0.1) is 6.92 Å². The number of fused-ring (bicyclic) bond motifs is 1. The molecule has 2 aromatic rings. The van der Waals surface area contributed by atoms with Crippen molar-refractivity contribution in [2.24, 2.45) is 5.73 Å². The first-order chi connectivity index (χ1) is 9.65. The van der Waals surface area contributed by atoms with Crippen LogP contribution >= 0.6 is 11.8 Å². The molecule has 3 atom stereocenters. The van der Waals surface area contributed by atoms with Crippen LogP contribution < -0.4 is 5.73 Å². The zero-order chi connectivity index (χ0) is 14.1. The third-order valence-corrected chi connectivity index (χ3v) is 5.51. The molecule has 3 unspecified atom stereocenters. The number of hydrogen-bond donors (Lipinski definition) is 1. The first-order valence-corrected chi connectivity index (χ1v) is 8.11. The van der Waals surface area contributed by atoms with Crippen molar-refractivity contribution in [1.82, 2.24) is 0 Å². The zero-order valence-electron chi connectivity index (χ0n) is 12.0. The van der Waals surface area contributed by atoms with E-state index >= 15 is 0 Å². The molecule has 20 heavy (non-hydrogen) atoms. The number of aryl methyl sites for hydroxylation is 1. The monoisotopic (exact) mass is 283 g/mol. The first kappa shape index (κ1) is 13.7. The van der Waals surface area contributed by atoms with Gasteiger partial charge in [-0.05, 0) is 42.5 Å². The number of nitrogens with two attached hydrogens (primary N) is 1. The van der Waals surface area contributed by atoms with E-state index in [1.807, 2.05) is 11.8 Å². The lowest BCUT2D eigenvalue weighted by molar-refractivity contribution is 0.527. The molecule has 1 aliphatic carbocycles. The SMILES string of the molecule is Cc1ccc(SC2CC(C)c3ccccc3C2N)cc1. The molecule has 0 aliphatic heterocycles. The summed E-state index contributed by atoms with van der Waals surface area (Å²) >= 11 is 1.92. The third-order valence-electron chi connectivity index (χ3n) is 4.18. The minimum atomic E-state index is 0.133. The minimum absolute atomic E-state index is 0.133. The number of hydrogen-bond acceptors (Lipinski definition) is 2. The molecule has 1 nitrogen and oxygen atoms in total. The Morgan fingerprint density at radius 1 is 1.00 bits per heavy atom. The highest BCUT2D eigenvalue weighted by Gasteiger charge is 2.31. The van der Waals surface area contributed by atoms with Crippen molar-refractivity contribution in [1.29, 1.82) is 0 Å². The second kappa shape index (κ2) is 5.63. The van der Waals surface area contributed by atoms with Crippen molar-refractivity contribution in [3.8, 4) is 0 Å². The van der Waals surface area contributed by atoms with Gasteiger partial charge >= 0.3 is 0 Å². The number of thioether (sulfide) groups is 1. The molecule has 2 aromatic carbocycles. The van der Waals surface area contributed by atoms with Gasteiger partial charge in [-0.25, -0.2) is 0 Å². The van der Waals surface area contributed by atoms with E-state index in [-0.39, 0.29) is 6.04 Å². The Labute approximate surface area is 125 Å². The fraction of sp³-hybridized carbons (Fsp3) is 0.333. The summed E-state index contributed by atoms with van der Waals surface area (Å²) < 4.78 is 0. The van der Waals surface area contributed by atoms with Crippen molar-refractivity contribution >= 4 is 11.8 Å². The molecule has 0 amide bonds. The number of benzene rings is 2. The molecule has 2 N–H and O–H groups in total. The first-order valence-electron chi connectivity index (χ1n) is 7.23. The van der Waals surface area contributed by atoms with Gasteiger partial charge in [-0.15, -0.1) is 11.8 Å². The fourth-order valence-electron chi connectivity index (χ4n) is 3.00. The van der Waals surface area contributed by atoms with Crippen LogP contribution in [0.2, 0.25) is 0 Å². The van der Waals surface area contributed by atoms with Gasteiger partial charge in [0.25, 0.3) is 0 Å². The quantitative estimate of drug-likeness (QED) is 0.867. The second-order valence-corrected chi connectivity index (χ2v) is 7.07. The normalized spacial score (nSPS) is 25.2. The molecular weight excluding hydrogens is 262 g/mol. The molecule has 0 heterocycles. The van der Waals surface area contributed by atoms with Crippen LogP contribution in [0.1, 0.15) is 42.0 Å². The van der Waals surface area contributed by atoms with E-state index in [9.17, 15) is 0 Å². The summed E-state index contributed by atoms with van der Waals surface area (Å²) in [5, 5.41) is 0.461. The molecule has 0 saturated heterocycles. The molecule has 2 heteroatoms. The zero-order valence-corrected chi connectivity index (χ0v) is 12.9. The summed E-state index contributed by atoms with van der Waals surface area (Å²) in [6.07, 6.45) is 1.15. The van der Waals surface area contributed by atoms with Crippen LogP contribution in [0.25, 0.3) is 0 Å². The predicted molar refractivity (Wildman–Crippen MR) is 87.2 cm³/mol. The Bertz CT molecular complexity index is 591. The maximum absolute atomic E-state index is 6.51. The molecule has 0 bridgehead atoms. The van der Waals surface area contributed by atoms with Gasteiger partial charge in [-0.1, -0.05) is 48.9 Å². The van der Waals surface area contributed by atoms with E-state index in [4.69, 9.17) is 5.73 Å². The Hall–Kier alpha value is -1.25. The summed E-state index contributed by atoms with van der Waals surface area (Å²) in [7, 11) is 0. The van der Waals surface area contributed by atoms with E-state index in [1.165, 1.54) is 21.6 Å². The van der Waals surface area contributed by atoms with Gasteiger partial charge in [-0.2, -0.15) is 0 Å². The molecule has 0 aromatic heterocycles. The smallest absolute Gasteiger partial charge is 0.0422 e. The van der Waals surface area contributed by atoms with Crippen LogP contribution in [0.5, 0.6) is 0 Å². The van der Waals surface area contributed by atoms with Crippen molar-refractivity contribution in [3.63, 3.8) is 0 Å². The van der Waals surface area contributed by atoms with Crippen LogP contribution in [0.3, 0.4) is 0 Å². The molecule has 0 spiro atoms. The van der Waals surface area contributed by atoms with E-state index in [1.54, 1.807) is 0 Å². The van der Waals surface area contributed by atoms with Crippen molar-refractivity contribution in [3.05, 3.63) is 65.2 Å². The van der Waals surface area contributed by atoms with E-state index < -0.39 is 0 Å². The van der Waals surface area contributed by atoms with E-state index in [0.29, 0.717) is 11.2 Å². The number of rotatable bonds is 2. The lowest BCUT2D eigenvalue weighted by Crippen LogP contribution is -2.30. The maximum Gasteiger partial charge on any atom is 0.0422 e. The predicted octanol–water partition coefficient (Wildman–Crippen LogP) is 4.66. The highest BCUT2D eigenvalue weighted by Crippen LogP contribution is 2.43. The summed E-state index contributed by atoms with van der Waals surface area (Å²) in [5.74, 6) is 0.592. The van der Waals surface area contributed by atoms with Gasteiger partial charge < -0.3 is 5.73 Å². The Morgan fingerprint density at radius 2 is 1.65 bits per heavy atom. The van der Waals surface area contributed by atoms with Crippen molar-refractivity contribution in [2.75, 3.05) is 0 Å². The van der Waals surface area contributed by atoms with Crippen molar-refractivity contribution < 1.29 is 0 Å². The average Bonchev–Trinajstić information content (AvgIpc) is 2.47. The second-order valence-electron chi connectivity index (χ2n) is 5.76. The van der Waals surface area contributed by atoms with E-state index in [0.717, 1.165) is 6.42 Å². The highest BCUT2D eigenvalue weighted by atomic mass is 32.2. The van der Waals surface area contributed by atoms with Gasteiger partial charge in [0.05, 0.1) is 0 Å². The lowest BCUT2D eigenvalue weighted by Gasteiger charge is -2.34. The fourth-order valence-corrected chi connectivity index (χ4v) is 4.32.